The van der Waals surface area contributed by atoms with Crippen LogP contribution in [0, 0.1) is 5.82 Å². The quantitative estimate of drug-likeness (QED) is 0.677. The molecule has 0 unspecified atom stereocenters. The molecule has 2 heterocycles. The summed E-state index contributed by atoms with van der Waals surface area (Å²) < 4.78 is 39.6. The summed E-state index contributed by atoms with van der Waals surface area (Å²) >= 11 is 1.29. The third kappa shape index (κ3) is 5.37. The van der Waals surface area contributed by atoms with Crippen LogP contribution in [0.15, 0.2) is 29.2 Å². The molecule has 0 spiro atoms. The molecule has 2 aromatic rings. The molecule has 9 nitrogen and oxygen atoms in total. The van der Waals surface area contributed by atoms with Gasteiger partial charge in [-0.2, -0.15) is 4.31 Å². The van der Waals surface area contributed by atoms with Gasteiger partial charge in [0.05, 0.1) is 4.90 Å². The first-order chi connectivity index (χ1) is 14.3. The van der Waals surface area contributed by atoms with Gasteiger partial charge >= 0.3 is 0 Å². The van der Waals surface area contributed by atoms with E-state index in [2.05, 4.69) is 15.5 Å². The number of amides is 2. The smallest absolute Gasteiger partial charge is 0.243 e. The number of nitrogens with one attached hydrogen (secondary N) is 1. The van der Waals surface area contributed by atoms with Gasteiger partial charge in [0.1, 0.15) is 10.8 Å². The number of aromatic nitrogens is 2. The number of rotatable bonds is 7. The van der Waals surface area contributed by atoms with Gasteiger partial charge < -0.3 is 10.2 Å². The monoisotopic (exact) mass is 455 g/mol. The minimum Gasteiger partial charge on any atom is -0.340 e. The molecular weight excluding hydrogens is 433 g/mol. The van der Waals surface area contributed by atoms with Crippen LogP contribution in [0.2, 0.25) is 0 Å². The molecule has 1 fully saturated rings. The minimum absolute atomic E-state index is 0.00790. The summed E-state index contributed by atoms with van der Waals surface area (Å²) in [5.74, 6) is -1.04. The molecule has 30 heavy (non-hydrogen) atoms. The maximum absolute atomic E-state index is 13.0. The second kappa shape index (κ2) is 9.58. The molecule has 3 rings (SSSR count). The molecule has 0 atom stereocenters. The zero-order chi connectivity index (χ0) is 21.7. The van der Waals surface area contributed by atoms with E-state index < -0.39 is 15.8 Å². The Morgan fingerprint density at radius 2 is 1.77 bits per heavy atom. The average Bonchev–Trinajstić information content (AvgIpc) is 3.20. The van der Waals surface area contributed by atoms with Crippen LogP contribution in [0.25, 0.3) is 0 Å². The number of sulfonamides is 1. The molecule has 0 radical (unpaired) electrons. The lowest BCUT2D eigenvalue weighted by atomic mass is 10.2. The highest BCUT2D eigenvalue weighted by molar-refractivity contribution is 7.89. The maximum atomic E-state index is 13.0. The second-order valence-corrected chi connectivity index (χ2v) is 9.64. The van der Waals surface area contributed by atoms with Crippen LogP contribution in [0.5, 0.6) is 0 Å². The predicted molar refractivity (Wildman–Crippen MR) is 109 cm³/mol. The van der Waals surface area contributed by atoms with Crippen molar-refractivity contribution < 1.29 is 22.4 Å². The third-order valence-electron chi connectivity index (χ3n) is 4.62. The normalized spacial score (nSPS) is 15.2. The Labute approximate surface area is 177 Å². The highest BCUT2D eigenvalue weighted by atomic mass is 32.2. The number of carbonyl (C=O) groups excluding carboxylic acids is 2. The van der Waals surface area contributed by atoms with E-state index in [4.69, 9.17) is 0 Å². The zero-order valence-electron chi connectivity index (χ0n) is 16.4. The van der Waals surface area contributed by atoms with Crippen LogP contribution in [0.4, 0.5) is 9.52 Å². The average molecular weight is 456 g/mol. The Balaban J connectivity index is 1.46. The van der Waals surface area contributed by atoms with Crippen LogP contribution in [-0.4, -0.2) is 65.8 Å². The summed E-state index contributed by atoms with van der Waals surface area (Å²) in [6, 6.07) is 4.65. The van der Waals surface area contributed by atoms with Crippen molar-refractivity contribution in [1.82, 2.24) is 19.4 Å². The van der Waals surface area contributed by atoms with Crippen molar-refractivity contribution >= 4 is 38.3 Å². The zero-order valence-corrected chi connectivity index (χ0v) is 18.0. The minimum atomic E-state index is -3.74. The van der Waals surface area contributed by atoms with Gasteiger partial charge in [0.15, 0.2) is 0 Å². The van der Waals surface area contributed by atoms with Crippen molar-refractivity contribution in [3.63, 3.8) is 0 Å². The van der Waals surface area contributed by atoms with E-state index in [1.54, 1.807) is 4.90 Å². The number of anilines is 1. The fourth-order valence-corrected chi connectivity index (χ4v) is 5.06. The Morgan fingerprint density at radius 1 is 1.10 bits per heavy atom. The number of hydrogen-bond donors (Lipinski definition) is 1. The topological polar surface area (TPSA) is 113 Å². The SMILES string of the molecule is CCc1nnc(NC(=O)CCC(=O)N2CCN(S(=O)(=O)c3ccc(F)cc3)CC2)s1. The van der Waals surface area contributed by atoms with Gasteiger partial charge in [-0.1, -0.05) is 18.3 Å². The van der Waals surface area contributed by atoms with E-state index in [1.165, 1.54) is 27.8 Å². The summed E-state index contributed by atoms with van der Waals surface area (Å²) in [6.07, 6.45) is 0.763. The van der Waals surface area contributed by atoms with Crippen molar-refractivity contribution in [3.05, 3.63) is 35.1 Å². The first-order valence-corrected chi connectivity index (χ1v) is 11.7. The first-order valence-electron chi connectivity index (χ1n) is 9.45. The van der Waals surface area contributed by atoms with Crippen molar-refractivity contribution in [2.75, 3.05) is 31.5 Å². The molecule has 0 bridgehead atoms. The molecule has 1 aliphatic rings. The molecular formula is C18H22FN5O4S2. The largest absolute Gasteiger partial charge is 0.340 e. The van der Waals surface area contributed by atoms with Crippen LogP contribution in [-0.2, 0) is 26.0 Å². The van der Waals surface area contributed by atoms with Crippen molar-refractivity contribution in [1.29, 1.82) is 0 Å². The van der Waals surface area contributed by atoms with Crippen molar-refractivity contribution in [2.24, 2.45) is 0 Å². The third-order valence-corrected chi connectivity index (χ3v) is 7.52. The molecule has 1 saturated heterocycles. The van der Waals surface area contributed by atoms with E-state index in [9.17, 15) is 22.4 Å². The second-order valence-electron chi connectivity index (χ2n) is 6.64. The van der Waals surface area contributed by atoms with Gasteiger partial charge in [-0.3, -0.25) is 9.59 Å². The van der Waals surface area contributed by atoms with Gasteiger partial charge in [0, 0.05) is 39.0 Å². The van der Waals surface area contributed by atoms with Gasteiger partial charge in [-0.15, -0.1) is 10.2 Å². The summed E-state index contributed by atoms with van der Waals surface area (Å²) in [5, 5.41) is 11.6. The maximum Gasteiger partial charge on any atom is 0.243 e. The Kier molecular flexibility index (Phi) is 7.10. The van der Waals surface area contributed by atoms with Gasteiger partial charge in [0.25, 0.3) is 0 Å². The molecule has 1 aromatic heterocycles. The van der Waals surface area contributed by atoms with E-state index in [-0.39, 0.29) is 55.7 Å². The highest BCUT2D eigenvalue weighted by Crippen LogP contribution is 2.19. The number of hydrogen-bond acceptors (Lipinski definition) is 7. The molecule has 1 N–H and O–H groups in total. The molecule has 2 amide bonds. The molecule has 0 saturated carbocycles. The number of halogens is 1. The lowest BCUT2D eigenvalue weighted by Crippen LogP contribution is -2.50. The van der Waals surface area contributed by atoms with E-state index >= 15 is 0 Å². The van der Waals surface area contributed by atoms with Crippen molar-refractivity contribution in [2.45, 2.75) is 31.1 Å². The number of aryl methyl sites for hydroxylation is 1. The Morgan fingerprint density at radius 3 is 2.37 bits per heavy atom. The molecule has 162 valence electrons. The standard InChI is InChI=1S/C18H22FN5O4S2/c1-2-16-21-22-18(29-16)20-15(25)7-8-17(26)23-9-11-24(12-10-23)30(27,28)14-5-3-13(19)4-6-14/h3-6H,2,7-12H2,1H3,(H,20,22,25). The van der Waals surface area contributed by atoms with E-state index in [0.717, 1.165) is 23.6 Å². The number of piperazine rings is 1. The first kappa shape index (κ1) is 22.2. The molecule has 1 aromatic carbocycles. The van der Waals surface area contributed by atoms with Gasteiger partial charge in [-0.25, -0.2) is 12.8 Å². The van der Waals surface area contributed by atoms with Gasteiger partial charge in [-0.05, 0) is 30.7 Å². The Hall–Kier alpha value is -2.44. The van der Waals surface area contributed by atoms with Crippen molar-refractivity contribution in [3.8, 4) is 0 Å². The van der Waals surface area contributed by atoms with E-state index in [1.807, 2.05) is 6.92 Å². The molecule has 1 aliphatic heterocycles. The molecule has 12 heteroatoms. The number of benzene rings is 1. The highest BCUT2D eigenvalue weighted by Gasteiger charge is 2.30. The lowest BCUT2D eigenvalue weighted by Gasteiger charge is -2.34. The van der Waals surface area contributed by atoms with Crippen LogP contribution < -0.4 is 5.32 Å². The summed E-state index contributed by atoms with van der Waals surface area (Å²) in [4.78, 5) is 25.9. The van der Waals surface area contributed by atoms with Crippen LogP contribution in [0.1, 0.15) is 24.8 Å². The summed E-state index contributed by atoms with van der Waals surface area (Å²) in [6.45, 7) is 2.69. The van der Waals surface area contributed by atoms with Crippen LogP contribution >= 0.6 is 11.3 Å². The predicted octanol–water partition coefficient (Wildman–Crippen LogP) is 1.49. The fourth-order valence-electron chi connectivity index (χ4n) is 2.94. The van der Waals surface area contributed by atoms with E-state index in [0.29, 0.717) is 5.13 Å². The Bertz CT molecular complexity index is 1000. The van der Waals surface area contributed by atoms with Crippen LogP contribution in [0.3, 0.4) is 0 Å². The number of nitrogens with zero attached hydrogens (tertiary/aromatic N) is 4. The molecule has 0 aliphatic carbocycles. The lowest BCUT2D eigenvalue weighted by molar-refractivity contribution is -0.133. The summed E-state index contributed by atoms with van der Waals surface area (Å²) in [5.41, 5.74) is 0. The fraction of sp³-hybridized carbons (Fsp3) is 0.444. The summed E-state index contributed by atoms with van der Waals surface area (Å²) in [7, 11) is -3.74. The number of carbonyl (C=O) groups is 2. The van der Waals surface area contributed by atoms with Gasteiger partial charge in [0.2, 0.25) is 27.0 Å².